The molecular weight excluding hydrogens is 937 g/mol. The summed E-state index contributed by atoms with van der Waals surface area (Å²) in [6.07, 6.45) is 9.86. The zero-order chi connectivity index (χ0) is 53.6. The van der Waals surface area contributed by atoms with Crippen molar-refractivity contribution in [3.05, 3.63) is 215 Å². The third kappa shape index (κ3) is 33.0. The van der Waals surface area contributed by atoms with E-state index in [1.807, 2.05) is 123 Å². The molecule has 9 rings (SSSR count). The van der Waals surface area contributed by atoms with Crippen LogP contribution in [0.25, 0.3) is 0 Å². The SMILES string of the molecule is C.C1CCOC1.C[C@@H](Cc1ccccc1)[C@@H]1CO1.C[C@@H](Cc1ccccc1)[C@H]1CO1.C[C@H](C=O)Cc1ccccc1.C[C@H](CO)Cc1ccccc1.N[C@@H](Cc1ccccc1)C(=O)O.N[C@H](CO)Cc1ccccc1. The first kappa shape index (κ1) is 65.3. The summed E-state index contributed by atoms with van der Waals surface area (Å²) in [5.74, 6) is 0.897. The van der Waals surface area contributed by atoms with Crippen LogP contribution in [0.5, 0.6) is 0 Å². The predicted octanol–water partition coefficient (Wildman–Crippen LogP) is 11.1. The largest absolute Gasteiger partial charge is 0.480 e. The molecule has 6 aromatic rings. The third-order valence-corrected chi connectivity index (χ3v) is 12.2. The second-order valence-electron chi connectivity index (χ2n) is 19.4. The van der Waals surface area contributed by atoms with Crippen molar-refractivity contribution in [1.29, 1.82) is 0 Å². The Morgan fingerprint density at radius 1 is 0.507 bits per heavy atom. The van der Waals surface area contributed by atoms with Gasteiger partial charge in [-0.15, -0.1) is 0 Å². The Balaban J connectivity index is 0.000000302. The van der Waals surface area contributed by atoms with E-state index in [-0.39, 0.29) is 32.6 Å². The number of hydrogen-bond acceptors (Lipinski definition) is 9. The first-order valence-corrected chi connectivity index (χ1v) is 26.4. The summed E-state index contributed by atoms with van der Waals surface area (Å²) in [7, 11) is 0. The first-order chi connectivity index (χ1) is 35.9. The molecule has 10 nitrogen and oxygen atoms in total. The Morgan fingerprint density at radius 2 is 0.813 bits per heavy atom. The zero-order valence-corrected chi connectivity index (χ0v) is 44.5. The minimum atomic E-state index is -0.959. The predicted molar refractivity (Wildman–Crippen MR) is 308 cm³/mol. The molecule has 0 amide bonds. The van der Waals surface area contributed by atoms with Gasteiger partial charge in [0.2, 0.25) is 0 Å². The quantitative estimate of drug-likeness (QED) is 0.0411. The van der Waals surface area contributed by atoms with Crippen LogP contribution in [-0.4, -0.2) is 91.5 Å². The van der Waals surface area contributed by atoms with Crippen molar-refractivity contribution in [2.24, 2.45) is 35.1 Å². The summed E-state index contributed by atoms with van der Waals surface area (Å²) < 4.78 is 15.4. The number of aliphatic hydroxyl groups excluding tert-OH is 2. The maximum Gasteiger partial charge on any atom is 0.320 e. The smallest absolute Gasteiger partial charge is 0.320 e. The van der Waals surface area contributed by atoms with Gasteiger partial charge in [-0.1, -0.05) is 217 Å². The second kappa shape index (κ2) is 40.5. The van der Waals surface area contributed by atoms with Crippen molar-refractivity contribution in [2.75, 3.05) is 39.6 Å². The summed E-state index contributed by atoms with van der Waals surface area (Å²) in [6.45, 7) is 12.7. The molecule has 3 saturated heterocycles. The number of hydrogen-bond donors (Lipinski definition) is 5. The molecule has 3 aliphatic heterocycles. The van der Waals surface area contributed by atoms with E-state index in [0.29, 0.717) is 36.4 Å². The number of aliphatic hydroxyl groups is 2. The highest BCUT2D eigenvalue weighted by Gasteiger charge is 2.29. The molecule has 3 aliphatic rings. The minimum Gasteiger partial charge on any atom is -0.480 e. The van der Waals surface area contributed by atoms with Crippen molar-refractivity contribution < 1.29 is 39.1 Å². The van der Waals surface area contributed by atoms with E-state index in [1.165, 1.54) is 40.7 Å². The molecule has 0 aliphatic carbocycles. The molecule has 0 unspecified atom stereocenters. The van der Waals surface area contributed by atoms with Crippen LogP contribution in [0.1, 0.15) is 81.3 Å². The summed E-state index contributed by atoms with van der Waals surface area (Å²) in [6, 6.07) is 59.8. The van der Waals surface area contributed by atoms with Gasteiger partial charge in [0.15, 0.2) is 0 Å². The molecule has 0 radical (unpaired) electrons. The second-order valence-corrected chi connectivity index (χ2v) is 19.4. The molecule has 8 atom stereocenters. The van der Waals surface area contributed by atoms with Gasteiger partial charge in [-0.2, -0.15) is 0 Å². The van der Waals surface area contributed by atoms with Crippen LogP contribution in [-0.2, 0) is 62.3 Å². The van der Waals surface area contributed by atoms with E-state index in [4.69, 9.17) is 41.0 Å². The maximum absolute atomic E-state index is 10.4. The van der Waals surface area contributed by atoms with Gasteiger partial charge in [0.05, 0.1) is 32.0 Å². The fourth-order valence-corrected chi connectivity index (χ4v) is 7.56. The third-order valence-electron chi connectivity index (χ3n) is 12.2. The number of nitrogens with two attached hydrogens (primary N) is 2. The standard InChI is InChI=1S/2C11H14O.C10H14O.C10H12O.C9H11NO2.C9H13NO.C4H8O.CH4/c2*1-9(11-8-12-11)7-10-5-3-2-4-6-10;2*1-9(8-11)7-10-5-3-2-4-6-10;10-8(9(11)12)6-7-4-2-1-3-5-7;10-9(7-11)6-8-4-2-1-3-5-8;1-2-4-5-3-1;/h2*2-6,9,11H,7-8H2,1H3;2-6,9,11H,7-8H2,1H3;2-6,8-9H,7H2,1H3;1-5,8H,6,10H2,(H,11,12);1-5,9,11H,6-7,10H2;1-4H2;1H4/t9-,11+;9-,11-;2*9-;8-;9-;;/m000000../s1. The first-order valence-electron chi connectivity index (χ1n) is 26.4. The number of ether oxygens (including phenoxy) is 3. The average molecular weight is 1030 g/mol. The fraction of sp³-hybridized carbons (Fsp3) is 0.415. The lowest BCUT2D eigenvalue weighted by Gasteiger charge is -2.06. The molecule has 7 N–H and O–H groups in total. The Hall–Kier alpha value is -5.82. The van der Waals surface area contributed by atoms with Gasteiger partial charge in [0, 0.05) is 31.8 Å². The normalized spacial score (nSPS) is 16.7. The monoisotopic (exact) mass is 1030 g/mol. The fourth-order valence-electron chi connectivity index (χ4n) is 7.56. The highest BCUT2D eigenvalue weighted by atomic mass is 16.6. The molecule has 3 heterocycles. The van der Waals surface area contributed by atoms with Gasteiger partial charge in [0.25, 0.3) is 0 Å². The Morgan fingerprint density at radius 3 is 1.08 bits per heavy atom. The van der Waals surface area contributed by atoms with E-state index in [2.05, 4.69) is 86.6 Å². The number of carbonyl (C=O) groups excluding carboxylic acids is 1. The van der Waals surface area contributed by atoms with Gasteiger partial charge in [-0.3, -0.25) is 4.79 Å². The van der Waals surface area contributed by atoms with Gasteiger partial charge in [-0.05, 0) is 103 Å². The lowest BCUT2D eigenvalue weighted by molar-refractivity contribution is -0.138. The lowest BCUT2D eigenvalue weighted by atomic mass is 9.99. The van der Waals surface area contributed by atoms with E-state index in [0.717, 1.165) is 70.4 Å². The van der Waals surface area contributed by atoms with Crippen molar-refractivity contribution in [2.45, 2.75) is 111 Å². The number of aliphatic carboxylic acids is 1. The maximum atomic E-state index is 10.4. The van der Waals surface area contributed by atoms with Crippen molar-refractivity contribution >= 4 is 12.3 Å². The molecule has 0 spiro atoms. The molecule has 408 valence electrons. The Labute approximate surface area is 450 Å². The number of epoxide rings is 2. The molecule has 6 aromatic carbocycles. The molecule has 0 saturated carbocycles. The highest BCUT2D eigenvalue weighted by Crippen LogP contribution is 2.24. The lowest BCUT2D eigenvalue weighted by Crippen LogP contribution is -2.32. The molecule has 10 heteroatoms. The number of benzene rings is 6. The van der Waals surface area contributed by atoms with Gasteiger partial charge < -0.3 is 45.8 Å². The van der Waals surface area contributed by atoms with Crippen LogP contribution in [0.2, 0.25) is 0 Å². The summed E-state index contributed by atoms with van der Waals surface area (Å²) in [5, 5.41) is 26.0. The van der Waals surface area contributed by atoms with Crippen LogP contribution in [0.15, 0.2) is 182 Å². The van der Waals surface area contributed by atoms with Crippen molar-refractivity contribution in [3.8, 4) is 0 Å². The average Bonchev–Trinajstić information content (AvgIpc) is 4.39. The van der Waals surface area contributed by atoms with E-state index >= 15 is 0 Å². The minimum absolute atomic E-state index is 0. The Kier molecular flexibility index (Phi) is 35.2. The van der Waals surface area contributed by atoms with Crippen molar-refractivity contribution in [1.82, 2.24) is 0 Å². The highest BCUT2D eigenvalue weighted by molar-refractivity contribution is 5.73. The molecule has 0 aromatic heterocycles. The van der Waals surface area contributed by atoms with E-state index < -0.39 is 12.0 Å². The number of carboxylic acids is 1. The van der Waals surface area contributed by atoms with Crippen LogP contribution in [0.4, 0.5) is 0 Å². The van der Waals surface area contributed by atoms with Crippen LogP contribution in [0, 0.1) is 23.7 Å². The van der Waals surface area contributed by atoms with Crippen LogP contribution >= 0.6 is 0 Å². The molecule has 3 fully saturated rings. The molecule has 0 bridgehead atoms. The van der Waals surface area contributed by atoms with Gasteiger partial charge in [0.1, 0.15) is 12.3 Å². The van der Waals surface area contributed by atoms with Crippen molar-refractivity contribution in [3.63, 3.8) is 0 Å². The topological polar surface area (TPSA) is 181 Å². The van der Waals surface area contributed by atoms with E-state index in [9.17, 15) is 9.59 Å². The number of carboxylic acid groups (broad SMARTS) is 1. The zero-order valence-electron chi connectivity index (χ0n) is 44.5. The Bertz CT molecular complexity index is 2140. The number of aldehydes is 1. The molecule has 75 heavy (non-hydrogen) atoms. The molecular formula is C65H90N2O8. The van der Waals surface area contributed by atoms with Gasteiger partial charge >= 0.3 is 5.97 Å². The summed E-state index contributed by atoms with van der Waals surface area (Å²) in [5.41, 5.74) is 18.4. The van der Waals surface area contributed by atoms with Crippen LogP contribution < -0.4 is 11.5 Å². The van der Waals surface area contributed by atoms with Crippen LogP contribution in [0.3, 0.4) is 0 Å². The summed E-state index contributed by atoms with van der Waals surface area (Å²) >= 11 is 0. The number of carbonyl (C=O) groups is 2. The summed E-state index contributed by atoms with van der Waals surface area (Å²) in [4.78, 5) is 20.7. The van der Waals surface area contributed by atoms with E-state index in [1.54, 1.807) is 0 Å². The van der Waals surface area contributed by atoms with Gasteiger partial charge in [-0.25, -0.2) is 0 Å². The number of rotatable bonds is 18.